The molecule has 0 aromatic heterocycles. The van der Waals surface area contributed by atoms with Crippen LogP contribution in [0.1, 0.15) is 0 Å². The number of ether oxygens (including phenoxy) is 2. The summed E-state index contributed by atoms with van der Waals surface area (Å²) in [6, 6.07) is 0. The van der Waals surface area contributed by atoms with Gasteiger partial charge in [0, 0.05) is 33.9 Å². The molecular weight excluding hydrogens is 242 g/mol. The van der Waals surface area contributed by atoms with Gasteiger partial charge in [-0.3, -0.25) is 0 Å². The minimum absolute atomic E-state index is 0.112. The Morgan fingerprint density at radius 2 is 1.81 bits per heavy atom. The predicted octanol–water partition coefficient (Wildman–Crippen LogP) is 1.01. The van der Waals surface area contributed by atoms with E-state index < -0.39 is 11.7 Å². The zero-order valence-corrected chi connectivity index (χ0v) is 10.2. The molecule has 7 heteroatoms. The Morgan fingerprint density at radius 1 is 1.25 bits per heavy atom. The van der Waals surface area contributed by atoms with Gasteiger partial charge in [0.2, 0.25) is 0 Å². The molecule has 1 atom stereocenters. The molecule has 1 aliphatic heterocycles. The first-order valence-corrected chi connectivity index (χ1v) is 5.49. The van der Waals surface area contributed by atoms with Crippen molar-refractivity contribution in [3.63, 3.8) is 0 Å². The first-order chi connectivity index (χ1) is 7.54. The van der Waals surface area contributed by atoms with Crippen LogP contribution in [0.2, 0.25) is 0 Å². The Hall–Kier alpha value is -0.0100. The molecule has 0 radical (unpaired) electrons. The lowest BCUT2D eigenvalue weighted by Crippen LogP contribution is -2.48. The van der Waals surface area contributed by atoms with E-state index in [1.54, 1.807) is 0 Å². The van der Waals surface area contributed by atoms with Crippen LogP contribution in [0.4, 0.5) is 8.78 Å². The van der Waals surface area contributed by atoms with E-state index in [1.807, 2.05) is 0 Å². The van der Waals surface area contributed by atoms with Gasteiger partial charge in [0.15, 0.2) is 0 Å². The van der Waals surface area contributed by atoms with Gasteiger partial charge < -0.3 is 9.47 Å². The molecule has 1 rings (SSSR count). The molecule has 96 valence electrons. The molecule has 0 aromatic carbocycles. The van der Waals surface area contributed by atoms with Gasteiger partial charge in [-0.15, -0.1) is 11.6 Å². The number of nitrogens with zero attached hydrogens (tertiary/aromatic N) is 2. The molecule has 1 saturated heterocycles. The topological polar surface area (TPSA) is 24.9 Å². The fourth-order valence-electron chi connectivity index (χ4n) is 1.63. The van der Waals surface area contributed by atoms with E-state index >= 15 is 0 Å². The van der Waals surface area contributed by atoms with Crippen LogP contribution in [0.5, 0.6) is 0 Å². The first kappa shape index (κ1) is 14.1. The van der Waals surface area contributed by atoms with Gasteiger partial charge in [-0.25, -0.2) is 9.80 Å². The smallest absolute Gasteiger partial charge is 0.371 e. The summed E-state index contributed by atoms with van der Waals surface area (Å²) in [5.41, 5.74) is -0.693. The van der Waals surface area contributed by atoms with Gasteiger partial charge in [-0.05, 0) is 0 Å². The highest BCUT2D eigenvalue weighted by molar-refractivity contribution is 6.20. The second-order valence-electron chi connectivity index (χ2n) is 3.57. The lowest BCUT2D eigenvalue weighted by molar-refractivity contribution is -0.216. The molecule has 0 spiro atoms. The van der Waals surface area contributed by atoms with E-state index in [-0.39, 0.29) is 32.8 Å². The average Bonchev–Trinajstić information content (AvgIpc) is 2.44. The Labute approximate surface area is 99.0 Å². The molecule has 0 aromatic rings. The molecule has 16 heavy (non-hydrogen) atoms. The summed E-state index contributed by atoms with van der Waals surface area (Å²) in [5.74, 6) is 0. The minimum atomic E-state index is -3.02. The van der Waals surface area contributed by atoms with Crippen molar-refractivity contribution < 1.29 is 18.3 Å². The third-order valence-corrected chi connectivity index (χ3v) is 2.91. The fourth-order valence-corrected chi connectivity index (χ4v) is 2.01. The summed E-state index contributed by atoms with van der Waals surface area (Å²) >= 11 is 5.88. The van der Waals surface area contributed by atoms with Crippen LogP contribution in [0.15, 0.2) is 0 Å². The van der Waals surface area contributed by atoms with Crippen molar-refractivity contribution in [2.24, 2.45) is 0 Å². The maximum absolute atomic E-state index is 13.8. The van der Waals surface area contributed by atoms with E-state index in [2.05, 4.69) is 0 Å². The van der Waals surface area contributed by atoms with Gasteiger partial charge in [0.05, 0.1) is 13.2 Å². The fraction of sp³-hybridized carbons (Fsp3) is 1.00. The van der Waals surface area contributed by atoms with Crippen molar-refractivity contribution in [1.29, 1.82) is 0 Å². The highest BCUT2D eigenvalue weighted by atomic mass is 35.5. The zero-order chi connectivity index (χ0) is 12.2. The molecule has 1 aliphatic rings. The average molecular weight is 259 g/mol. The Morgan fingerprint density at radius 3 is 2.38 bits per heavy atom. The van der Waals surface area contributed by atoms with Crippen LogP contribution >= 0.6 is 11.6 Å². The number of rotatable bonds is 6. The Kier molecular flexibility index (Phi) is 5.33. The summed E-state index contributed by atoms with van der Waals surface area (Å²) in [6.45, 7) is 0.896. The molecule has 1 unspecified atom stereocenters. The van der Waals surface area contributed by atoms with Crippen molar-refractivity contribution >= 4 is 11.6 Å². The summed E-state index contributed by atoms with van der Waals surface area (Å²) in [4.78, 5) is 1.96. The lowest BCUT2D eigenvalue weighted by atomic mass is 10.5. The first-order valence-electron chi connectivity index (χ1n) is 5.05. The monoisotopic (exact) mass is 258 g/mol. The van der Waals surface area contributed by atoms with E-state index in [0.29, 0.717) is 0 Å². The van der Waals surface area contributed by atoms with Crippen LogP contribution in [0, 0.1) is 0 Å². The molecule has 1 fully saturated rings. The molecule has 1 heterocycles. The molecule has 0 aliphatic carbocycles. The highest BCUT2D eigenvalue weighted by Gasteiger charge is 2.52. The van der Waals surface area contributed by atoms with Crippen molar-refractivity contribution in [2.75, 3.05) is 47.1 Å². The van der Waals surface area contributed by atoms with E-state index in [0.717, 1.165) is 9.80 Å². The van der Waals surface area contributed by atoms with Crippen molar-refractivity contribution in [3.8, 4) is 0 Å². The maximum atomic E-state index is 13.8. The highest BCUT2D eigenvalue weighted by Crippen LogP contribution is 2.34. The normalized spacial score (nSPS) is 26.4. The second-order valence-corrected chi connectivity index (χ2v) is 4.07. The van der Waals surface area contributed by atoms with Crippen molar-refractivity contribution in [3.05, 3.63) is 0 Å². The quantitative estimate of drug-likeness (QED) is 0.525. The van der Waals surface area contributed by atoms with E-state index in [1.165, 1.54) is 14.2 Å². The molecular formula is C9H17ClF2N2O2. The summed E-state index contributed by atoms with van der Waals surface area (Å²) in [7, 11) is 2.95. The van der Waals surface area contributed by atoms with Gasteiger partial charge in [-0.2, -0.15) is 8.78 Å². The van der Waals surface area contributed by atoms with Gasteiger partial charge in [0.25, 0.3) is 0 Å². The molecule has 4 nitrogen and oxygen atoms in total. The van der Waals surface area contributed by atoms with Crippen molar-refractivity contribution in [2.45, 2.75) is 11.7 Å². The molecule has 0 amide bonds. The second kappa shape index (κ2) is 6.07. The zero-order valence-electron chi connectivity index (χ0n) is 9.46. The minimum Gasteiger partial charge on any atom is -0.383 e. The summed E-state index contributed by atoms with van der Waals surface area (Å²) < 4.78 is 37.2. The molecule has 0 N–H and O–H groups in total. The number of alkyl halides is 3. The molecule has 0 saturated carbocycles. The number of hydrogen-bond acceptors (Lipinski definition) is 4. The standard InChI is InChI=1S/C9H17ClF2N2O2/c1-15-5-3-13-7-8(10)14(4-6-16-2)9(13,11)12/h8H,3-7H2,1-2H3. The SMILES string of the molecule is COCCN1CC(Cl)N(CCOC)C1(F)F. The van der Waals surface area contributed by atoms with Crippen LogP contribution in [0.3, 0.4) is 0 Å². The number of halogens is 3. The van der Waals surface area contributed by atoms with Gasteiger partial charge in [0.1, 0.15) is 5.50 Å². The van der Waals surface area contributed by atoms with Crippen LogP contribution in [0.25, 0.3) is 0 Å². The van der Waals surface area contributed by atoms with Gasteiger partial charge >= 0.3 is 6.17 Å². The largest absolute Gasteiger partial charge is 0.383 e. The van der Waals surface area contributed by atoms with Crippen LogP contribution in [-0.4, -0.2) is 68.5 Å². The maximum Gasteiger partial charge on any atom is 0.371 e. The third kappa shape index (κ3) is 3.01. The van der Waals surface area contributed by atoms with Crippen LogP contribution < -0.4 is 0 Å². The third-order valence-electron chi connectivity index (χ3n) is 2.54. The van der Waals surface area contributed by atoms with E-state index in [4.69, 9.17) is 21.1 Å². The Balaban J connectivity index is 2.58. The van der Waals surface area contributed by atoms with Crippen LogP contribution in [-0.2, 0) is 9.47 Å². The predicted molar refractivity (Wildman–Crippen MR) is 56.6 cm³/mol. The lowest BCUT2D eigenvalue weighted by Gasteiger charge is -2.29. The van der Waals surface area contributed by atoms with Gasteiger partial charge in [-0.1, -0.05) is 0 Å². The Bertz CT molecular complexity index is 222. The summed E-state index contributed by atoms with van der Waals surface area (Å²) in [5, 5.41) is 0. The van der Waals surface area contributed by atoms with Crippen molar-refractivity contribution in [1.82, 2.24) is 9.80 Å². The number of hydrogen-bond donors (Lipinski definition) is 0. The number of methoxy groups -OCH3 is 2. The van der Waals surface area contributed by atoms with E-state index in [9.17, 15) is 8.78 Å². The molecule has 0 bridgehead atoms. The summed E-state index contributed by atoms with van der Waals surface area (Å²) in [6.07, 6.45) is -3.02.